The molecule has 3 heteroatoms. The van der Waals surface area contributed by atoms with E-state index in [0.717, 1.165) is 5.56 Å². The molecule has 1 aromatic rings. The number of rotatable bonds is 5. The van der Waals surface area contributed by atoms with Crippen LogP contribution in [0.5, 0.6) is 0 Å². The number of nitrogens with zero attached hydrogens (tertiary/aromatic N) is 1. The first kappa shape index (κ1) is 15.4. The minimum absolute atomic E-state index is 0.0567. The summed E-state index contributed by atoms with van der Waals surface area (Å²) in [6.07, 6.45) is 3.51. The van der Waals surface area contributed by atoms with Gasteiger partial charge in [0.1, 0.15) is 0 Å². The Hall–Kier alpha value is -1.61. The van der Waals surface area contributed by atoms with Gasteiger partial charge in [-0.1, -0.05) is 56.3 Å². The summed E-state index contributed by atoms with van der Waals surface area (Å²) < 4.78 is 0. The van der Waals surface area contributed by atoms with Gasteiger partial charge in [-0.25, -0.2) is 0 Å². The number of hydrogen-bond acceptors (Lipinski definition) is 2. The smallest absolute Gasteiger partial charge is 0.225 e. The van der Waals surface area contributed by atoms with Crippen LogP contribution >= 0.6 is 0 Å². The van der Waals surface area contributed by atoms with Crippen molar-refractivity contribution in [3.05, 3.63) is 48.0 Å². The molecule has 0 aliphatic carbocycles. The molecule has 19 heavy (non-hydrogen) atoms. The zero-order valence-electron chi connectivity index (χ0n) is 12.1. The van der Waals surface area contributed by atoms with Crippen LogP contribution < -0.4 is 0 Å². The Morgan fingerprint density at radius 3 is 2.42 bits per heavy atom. The molecule has 0 unspecified atom stereocenters. The molecule has 0 aromatic heterocycles. The third kappa shape index (κ3) is 4.52. The van der Waals surface area contributed by atoms with Crippen molar-refractivity contribution >= 4 is 5.91 Å². The van der Waals surface area contributed by atoms with Crippen molar-refractivity contribution in [3.8, 4) is 0 Å². The van der Waals surface area contributed by atoms with Crippen LogP contribution in [-0.4, -0.2) is 30.0 Å². The number of aliphatic hydroxyl groups excluding tert-OH is 1. The summed E-state index contributed by atoms with van der Waals surface area (Å²) in [5.41, 5.74) is 0.476. The van der Waals surface area contributed by atoms with Crippen LogP contribution in [0.15, 0.2) is 42.5 Å². The van der Waals surface area contributed by atoms with Gasteiger partial charge < -0.3 is 10.0 Å². The van der Waals surface area contributed by atoms with Gasteiger partial charge in [-0.3, -0.25) is 4.79 Å². The fraction of sp³-hybridized carbons (Fsp3) is 0.438. The Balaban J connectivity index is 2.70. The minimum Gasteiger partial charge on any atom is -0.388 e. The van der Waals surface area contributed by atoms with E-state index in [4.69, 9.17) is 0 Å². The van der Waals surface area contributed by atoms with Crippen LogP contribution in [0, 0.1) is 5.41 Å². The van der Waals surface area contributed by atoms with E-state index < -0.39 is 11.5 Å². The lowest BCUT2D eigenvalue weighted by Crippen LogP contribution is -2.22. The Labute approximate surface area is 115 Å². The molecule has 0 saturated carbocycles. The highest BCUT2D eigenvalue weighted by Crippen LogP contribution is 2.34. The molecule has 3 nitrogen and oxygen atoms in total. The predicted molar refractivity (Wildman–Crippen MR) is 77.6 cm³/mol. The zero-order valence-corrected chi connectivity index (χ0v) is 12.1. The molecule has 1 rings (SSSR count). The third-order valence-corrected chi connectivity index (χ3v) is 3.16. The first-order valence-electron chi connectivity index (χ1n) is 6.45. The lowest BCUT2D eigenvalue weighted by Gasteiger charge is -2.27. The van der Waals surface area contributed by atoms with Crippen LogP contribution in [0.2, 0.25) is 0 Å². The maximum absolute atomic E-state index is 11.5. The number of amides is 1. The summed E-state index contributed by atoms with van der Waals surface area (Å²) in [7, 11) is 3.47. The lowest BCUT2D eigenvalue weighted by atomic mass is 9.82. The van der Waals surface area contributed by atoms with Crippen molar-refractivity contribution in [2.45, 2.75) is 26.4 Å². The summed E-state index contributed by atoms with van der Waals surface area (Å²) in [4.78, 5) is 13.0. The molecule has 1 aromatic carbocycles. The lowest BCUT2D eigenvalue weighted by molar-refractivity contribution is -0.127. The topological polar surface area (TPSA) is 40.5 Å². The molecule has 0 aliphatic rings. The summed E-state index contributed by atoms with van der Waals surface area (Å²) >= 11 is 0. The van der Waals surface area contributed by atoms with Gasteiger partial charge in [0.15, 0.2) is 0 Å². The molecule has 0 radical (unpaired) electrons. The van der Waals surface area contributed by atoms with Gasteiger partial charge in [0.2, 0.25) is 5.91 Å². The highest BCUT2D eigenvalue weighted by Gasteiger charge is 2.26. The number of aliphatic hydroxyl groups is 1. The highest BCUT2D eigenvalue weighted by molar-refractivity contribution is 5.77. The quantitative estimate of drug-likeness (QED) is 0.828. The van der Waals surface area contributed by atoms with Gasteiger partial charge in [0, 0.05) is 25.9 Å². The maximum Gasteiger partial charge on any atom is 0.225 e. The molecule has 104 valence electrons. The van der Waals surface area contributed by atoms with Crippen molar-refractivity contribution < 1.29 is 9.90 Å². The van der Waals surface area contributed by atoms with Crippen LogP contribution in [0.3, 0.4) is 0 Å². The predicted octanol–water partition coefficient (Wildman–Crippen LogP) is 2.78. The SMILES string of the molecule is CN(C)C(=O)C/C=C/C(C)(C)[C@@H](O)c1ccccc1. The minimum atomic E-state index is -0.584. The molecule has 1 atom stereocenters. The van der Waals surface area contributed by atoms with Crippen molar-refractivity contribution in [3.63, 3.8) is 0 Å². The zero-order chi connectivity index (χ0) is 14.5. The molecule has 0 spiro atoms. The van der Waals surface area contributed by atoms with Crippen molar-refractivity contribution in [2.24, 2.45) is 5.41 Å². The first-order valence-corrected chi connectivity index (χ1v) is 6.45. The van der Waals surface area contributed by atoms with E-state index in [1.807, 2.05) is 56.3 Å². The van der Waals surface area contributed by atoms with Gasteiger partial charge in [0.25, 0.3) is 0 Å². The maximum atomic E-state index is 11.5. The Kier molecular flexibility index (Phi) is 5.31. The molecule has 0 heterocycles. The molecular formula is C16H23NO2. The summed E-state index contributed by atoms with van der Waals surface area (Å²) in [5, 5.41) is 10.4. The Morgan fingerprint density at radius 1 is 1.32 bits per heavy atom. The fourth-order valence-corrected chi connectivity index (χ4v) is 1.80. The number of carbonyl (C=O) groups excluding carboxylic acids is 1. The molecular weight excluding hydrogens is 238 g/mol. The van der Waals surface area contributed by atoms with Gasteiger partial charge in [-0.15, -0.1) is 0 Å². The second kappa shape index (κ2) is 6.53. The second-order valence-corrected chi connectivity index (χ2v) is 5.53. The van der Waals surface area contributed by atoms with E-state index >= 15 is 0 Å². The van der Waals surface area contributed by atoms with Gasteiger partial charge >= 0.3 is 0 Å². The van der Waals surface area contributed by atoms with Crippen LogP contribution in [-0.2, 0) is 4.79 Å². The largest absolute Gasteiger partial charge is 0.388 e. The van der Waals surface area contributed by atoms with E-state index in [0.29, 0.717) is 6.42 Å². The number of benzene rings is 1. The van der Waals surface area contributed by atoms with Gasteiger partial charge in [-0.05, 0) is 5.56 Å². The average molecular weight is 261 g/mol. The van der Waals surface area contributed by atoms with Gasteiger partial charge in [-0.2, -0.15) is 0 Å². The number of carbonyl (C=O) groups is 1. The second-order valence-electron chi connectivity index (χ2n) is 5.53. The standard InChI is InChI=1S/C16H23NO2/c1-16(2,12-8-11-14(18)17(3)4)15(19)13-9-6-5-7-10-13/h5-10,12,15,19H,11H2,1-4H3/b12-8+/t15-/m0/s1. The monoisotopic (exact) mass is 261 g/mol. The van der Waals surface area contributed by atoms with E-state index in [9.17, 15) is 9.90 Å². The van der Waals surface area contributed by atoms with Crippen molar-refractivity contribution in [1.29, 1.82) is 0 Å². The number of hydrogen-bond donors (Lipinski definition) is 1. The molecule has 0 aliphatic heterocycles. The molecule has 0 saturated heterocycles. The molecule has 1 amide bonds. The van der Waals surface area contributed by atoms with Crippen LogP contribution in [0.25, 0.3) is 0 Å². The van der Waals surface area contributed by atoms with E-state index in [1.54, 1.807) is 19.0 Å². The fourth-order valence-electron chi connectivity index (χ4n) is 1.80. The normalized spacial score (nSPS) is 13.5. The Bertz CT molecular complexity index is 435. The van der Waals surface area contributed by atoms with E-state index in [-0.39, 0.29) is 5.91 Å². The average Bonchev–Trinajstić information content (AvgIpc) is 2.38. The Morgan fingerprint density at radius 2 is 1.89 bits per heavy atom. The van der Waals surface area contributed by atoms with Gasteiger partial charge in [0.05, 0.1) is 6.10 Å². The molecule has 1 N–H and O–H groups in total. The third-order valence-electron chi connectivity index (χ3n) is 3.16. The van der Waals surface area contributed by atoms with Crippen LogP contribution in [0.1, 0.15) is 31.9 Å². The van der Waals surface area contributed by atoms with Crippen molar-refractivity contribution in [2.75, 3.05) is 14.1 Å². The van der Waals surface area contributed by atoms with E-state index in [2.05, 4.69) is 0 Å². The summed E-state index contributed by atoms with van der Waals surface area (Å²) in [5.74, 6) is 0.0567. The summed E-state index contributed by atoms with van der Waals surface area (Å²) in [6.45, 7) is 3.92. The molecule has 0 fully saturated rings. The van der Waals surface area contributed by atoms with Crippen LogP contribution in [0.4, 0.5) is 0 Å². The van der Waals surface area contributed by atoms with Crippen molar-refractivity contribution in [1.82, 2.24) is 4.90 Å². The summed E-state index contributed by atoms with van der Waals surface area (Å²) in [6, 6.07) is 9.56. The van der Waals surface area contributed by atoms with E-state index in [1.165, 1.54) is 0 Å². The highest BCUT2D eigenvalue weighted by atomic mass is 16.3. The first-order chi connectivity index (χ1) is 8.84. The molecule has 0 bridgehead atoms.